The van der Waals surface area contributed by atoms with Crippen LogP contribution in [0.3, 0.4) is 0 Å². The third-order valence-electron chi connectivity index (χ3n) is 2.52. The van der Waals surface area contributed by atoms with E-state index in [1.807, 2.05) is 0 Å². The van der Waals surface area contributed by atoms with Gasteiger partial charge in [0.2, 0.25) is 0 Å². The Morgan fingerprint density at radius 2 is 2.46 bits per heavy atom. The molecule has 1 aliphatic rings. The van der Waals surface area contributed by atoms with Crippen LogP contribution < -0.4 is 5.32 Å². The van der Waals surface area contributed by atoms with Crippen LogP contribution in [0.5, 0.6) is 0 Å². The molecule has 0 fully saturated rings. The number of likely N-dealkylation sites (N-methyl/N-ethyl adjacent to an activating group) is 1. The Bertz CT molecular complexity index is 191. The molecule has 0 radical (unpaired) electrons. The zero-order chi connectivity index (χ0) is 9.84. The first-order valence-corrected chi connectivity index (χ1v) is 4.88. The van der Waals surface area contributed by atoms with Crippen LogP contribution in [-0.2, 0) is 4.74 Å². The fourth-order valence-electron chi connectivity index (χ4n) is 1.54. The van der Waals surface area contributed by atoms with Gasteiger partial charge in [0.05, 0.1) is 11.8 Å². The average Bonchev–Trinajstić information content (AvgIpc) is 2.15. The molecule has 0 aromatic heterocycles. The quantitative estimate of drug-likeness (QED) is 0.712. The molecule has 1 heterocycles. The zero-order valence-electron chi connectivity index (χ0n) is 9.00. The fourth-order valence-corrected chi connectivity index (χ4v) is 1.54. The van der Waals surface area contributed by atoms with Crippen LogP contribution in [0.1, 0.15) is 20.3 Å². The number of nitrogens with one attached hydrogen (secondary N) is 1. The van der Waals surface area contributed by atoms with Crippen molar-refractivity contribution >= 4 is 0 Å². The Morgan fingerprint density at radius 3 is 3.00 bits per heavy atom. The zero-order valence-corrected chi connectivity index (χ0v) is 9.00. The maximum Gasteiger partial charge on any atom is 0.0952 e. The lowest BCUT2D eigenvalue weighted by Gasteiger charge is -2.33. The smallest absolute Gasteiger partial charge is 0.0952 e. The molecular formula is C10H20N2O. The van der Waals surface area contributed by atoms with E-state index in [0.29, 0.717) is 6.04 Å². The number of ether oxygens (including phenoxy) is 1. The Hall–Kier alpha value is -0.700. The van der Waals surface area contributed by atoms with Crippen LogP contribution in [0.2, 0.25) is 0 Å². The second-order valence-electron chi connectivity index (χ2n) is 3.65. The van der Waals surface area contributed by atoms with E-state index in [2.05, 4.69) is 37.3 Å². The molecule has 0 spiro atoms. The fraction of sp³-hybridized carbons (Fsp3) is 0.800. The maximum atomic E-state index is 5.27. The van der Waals surface area contributed by atoms with E-state index in [9.17, 15) is 0 Å². The van der Waals surface area contributed by atoms with Gasteiger partial charge >= 0.3 is 0 Å². The summed E-state index contributed by atoms with van der Waals surface area (Å²) in [5, 5.41) is 3.48. The SMILES string of the molecule is CC[C@H]1CN(C)C=C(C(C)OC)N1. The van der Waals surface area contributed by atoms with E-state index >= 15 is 0 Å². The molecule has 3 heteroatoms. The van der Waals surface area contributed by atoms with Gasteiger partial charge in [-0.25, -0.2) is 0 Å². The number of rotatable bonds is 3. The number of nitrogens with zero attached hydrogens (tertiary/aromatic N) is 1. The second-order valence-corrected chi connectivity index (χ2v) is 3.65. The van der Waals surface area contributed by atoms with Gasteiger partial charge in [0, 0.05) is 32.9 Å². The van der Waals surface area contributed by atoms with E-state index in [1.165, 1.54) is 5.70 Å². The van der Waals surface area contributed by atoms with Crippen LogP contribution in [-0.4, -0.2) is 37.7 Å². The van der Waals surface area contributed by atoms with Crippen molar-refractivity contribution in [1.29, 1.82) is 0 Å². The monoisotopic (exact) mass is 184 g/mol. The molecule has 0 saturated carbocycles. The highest BCUT2D eigenvalue weighted by Gasteiger charge is 2.18. The molecule has 0 aromatic rings. The lowest BCUT2D eigenvalue weighted by molar-refractivity contribution is 0.131. The van der Waals surface area contributed by atoms with Crippen molar-refractivity contribution in [2.45, 2.75) is 32.4 Å². The van der Waals surface area contributed by atoms with Gasteiger partial charge in [-0.3, -0.25) is 0 Å². The first-order chi connectivity index (χ1) is 6.17. The van der Waals surface area contributed by atoms with Crippen molar-refractivity contribution in [3.8, 4) is 0 Å². The van der Waals surface area contributed by atoms with Gasteiger partial charge in [0.25, 0.3) is 0 Å². The van der Waals surface area contributed by atoms with Crippen molar-refractivity contribution in [2.24, 2.45) is 0 Å². The molecular weight excluding hydrogens is 164 g/mol. The van der Waals surface area contributed by atoms with E-state index in [1.54, 1.807) is 7.11 Å². The van der Waals surface area contributed by atoms with Crippen molar-refractivity contribution in [2.75, 3.05) is 20.7 Å². The topological polar surface area (TPSA) is 24.5 Å². The van der Waals surface area contributed by atoms with E-state index in [4.69, 9.17) is 4.74 Å². The number of methoxy groups -OCH3 is 1. The van der Waals surface area contributed by atoms with E-state index in [-0.39, 0.29) is 6.10 Å². The van der Waals surface area contributed by atoms with Crippen molar-refractivity contribution in [1.82, 2.24) is 10.2 Å². The van der Waals surface area contributed by atoms with Crippen LogP contribution in [0, 0.1) is 0 Å². The Morgan fingerprint density at radius 1 is 1.77 bits per heavy atom. The molecule has 13 heavy (non-hydrogen) atoms. The molecule has 1 unspecified atom stereocenters. The van der Waals surface area contributed by atoms with Crippen LogP contribution in [0.15, 0.2) is 11.9 Å². The second kappa shape index (κ2) is 4.51. The summed E-state index contributed by atoms with van der Waals surface area (Å²) in [6.45, 7) is 5.34. The summed E-state index contributed by atoms with van der Waals surface area (Å²) >= 11 is 0. The third-order valence-corrected chi connectivity index (χ3v) is 2.52. The Labute approximate surface area is 80.8 Å². The lowest BCUT2D eigenvalue weighted by Crippen LogP contribution is -2.44. The van der Waals surface area contributed by atoms with Crippen LogP contribution in [0.4, 0.5) is 0 Å². The largest absolute Gasteiger partial charge is 0.381 e. The molecule has 3 nitrogen and oxygen atoms in total. The molecule has 2 atom stereocenters. The van der Waals surface area contributed by atoms with E-state index in [0.717, 1.165) is 13.0 Å². The molecule has 0 saturated heterocycles. The highest BCUT2D eigenvalue weighted by Crippen LogP contribution is 2.11. The van der Waals surface area contributed by atoms with Crippen LogP contribution in [0.25, 0.3) is 0 Å². The summed E-state index contributed by atoms with van der Waals surface area (Å²) in [4.78, 5) is 2.22. The molecule has 76 valence electrons. The number of hydrogen-bond acceptors (Lipinski definition) is 3. The predicted molar refractivity (Wildman–Crippen MR) is 54.4 cm³/mol. The summed E-state index contributed by atoms with van der Waals surface area (Å²) in [5.74, 6) is 0. The molecule has 0 amide bonds. The minimum Gasteiger partial charge on any atom is -0.381 e. The van der Waals surface area contributed by atoms with Gasteiger partial charge in [-0.05, 0) is 13.3 Å². The van der Waals surface area contributed by atoms with E-state index < -0.39 is 0 Å². The first kappa shape index (κ1) is 10.4. The van der Waals surface area contributed by atoms with Gasteiger partial charge < -0.3 is 15.0 Å². The molecule has 1 N–H and O–H groups in total. The molecule has 1 aliphatic heterocycles. The van der Waals surface area contributed by atoms with Crippen molar-refractivity contribution in [3.05, 3.63) is 11.9 Å². The normalized spacial score (nSPS) is 25.1. The predicted octanol–water partition coefficient (Wildman–Crippen LogP) is 1.18. The lowest BCUT2D eigenvalue weighted by atomic mass is 10.1. The van der Waals surface area contributed by atoms with Gasteiger partial charge in [-0.2, -0.15) is 0 Å². The van der Waals surface area contributed by atoms with Crippen molar-refractivity contribution in [3.63, 3.8) is 0 Å². The Kier molecular flexibility index (Phi) is 3.60. The van der Waals surface area contributed by atoms with Gasteiger partial charge in [0.15, 0.2) is 0 Å². The Balaban J connectivity index is 2.62. The molecule has 0 aromatic carbocycles. The molecule has 1 rings (SSSR count). The van der Waals surface area contributed by atoms with Gasteiger partial charge in [-0.15, -0.1) is 0 Å². The van der Waals surface area contributed by atoms with Crippen molar-refractivity contribution < 1.29 is 4.74 Å². The minimum atomic E-state index is 0.164. The molecule has 0 bridgehead atoms. The first-order valence-electron chi connectivity index (χ1n) is 4.88. The maximum absolute atomic E-state index is 5.27. The number of hydrogen-bond donors (Lipinski definition) is 1. The van der Waals surface area contributed by atoms with Gasteiger partial charge in [0.1, 0.15) is 0 Å². The van der Waals surface area contributed by atoms with Crippen LogP contribution >= 0.6 is 0 Å². The molecule has 0 aliphatic carbocycles. The summed E-state index contributed by atoms with van der Waals surface area (Å²) in [6, 6.07) is 0.558. The van der Waals surface area contributed by atoms with Gasteiger partial charge in [-0.1, -0.05) is 6.92 Å². The highest BCUT2D eigenvalue weighted by atomic mass is 16.5. The summed E-state index contributed by atoms with van der Waals surface area (Å²) in [6.07, 6.45) is 3.44. The highest BCUT2D eigenvalue weighted by molar-refractivity contribution is 5.09. The average molecular weight is 184 g/mol. The standard InChI is InChI=1S/C10H20N2O/c1-5-9-6-12(3)7-10(11-9)8(2)13-4/h7-9,11H,5-6H2,1-4H3/t8?,9-/m0/s1. The summed E-state index contributed by atoms with van der Waals surface area (Å²) < 4.78 is 5.27. The summed E-state index contributed by atoms with van der Waals surface area (Å²) in [5.41, 5.74) is 1.18. The summed E-state index contributed by atoms with van der Waals surface area (Å²) in [7, 11) is 3.84. The minimum absolute atomic E-state index is 0.164. The third kappa shape index (κ3) is 2.62.